The molecule has 0 aliphatic heterocycles. The van der Waals surface area contributed by atoms with E-state index in [9.17, 15) is 14.4 Å². The Bertz CT molecular complexity index is 1300. The van der Waals surface area contributed by atoms with Crippen LogP contribution < -0.4 is 0 Å². The lowest BCUT2D eigenvalue weighted by atomic mass is 10.0. The summed E-state index contributed by atoms with van der Waals surface area (Å²) in [6, 6.07) is 0. The predicted molar refractivity (Wildman–Crippen MR) is 363 cm³/mol. The molecular weight excluding hydrogens is 1020 g/mol. The molecule has 0 spiro atoms. The van der Waals surface area contributed by atoms with Crippen molar-refractivity contribution < 1.29 is 28.6 Å². The molecular formula is C77H148O6. The lowest BCUT2D eigenvalue weighted by Gasteiger charge is -2.18. The largest absolute Gasteiger partial charge is 0.462 e. The second-order valence-corrected chi connectivity index (χ2v) is 26.3. The zero-order chi connectivity index (χ0) is 59.9. The summed E-state index contributed by atoms with van der Waals surface area (Å²) in [6.45, 7) is 6.72. The molecule has 0 aromatic rings. The Labute approximate surface area is 520 Å². The van der Waals surface area contributed by atoms with Gasteiger partial charge in [0, 0.05) is 19.3 Å². The van der Waals surface area contributed by atoms with Crippen LogP contribution in [-0.4, -0.2) is 37.2 Å². The predicted octanol–water partition coefficient (Wildman–Crippen LogP) is 26.3. The van der Waals surface area contributed by atoms with Gasteiger partial charge in [-0.25, -0.2) is 0 Å². The van der Waals surface area contributed by atoms with Gasteiger partial charge in [0.15, 0.2) is 6.10 Å². The van der Waals surface area contributed by atoms with E-state index in [1.54, 1.807) is 0 Å². The fraction of sp³-hybridized carbons (Fsp3) is 0.935. The number of unbranched alkanes of at least 4 members (excludes halogenated alkanes) is 59. The van der Waals surface area contributed by atoms with Crippen molar-refractivity contribution in [1.82, 2.24) is 0 Å². The van der Waals surface area contributed by atoms with Gasteiger partial charge in [0.05, 0.1) is 0 Å². The molecule has 0 radical (unpaired) electrons. The van der Waals surface area contributed by atoms with Crippen LogP contribution in [0.1, 0.15) is 445 Å². The Morgan fingerprint density at radius 1 is 0.229 bits per heavy atom. The van der Waals surface area contributed by atoms with Gasteiger partial charge in [-0.3, -0.25) is 14.4 Å². The van der Waals surface area contributed by atoms with Gasteiger partial charge in [-0.05, 0) is 44.9 Å². The van der Waals surface area contributed by atoms with E-state index in [0.29, 0.717) is 19.3 Å². The highest BCUT2D eigenvalue weighted by molar-refractivity contribution is 5.71. The minimum absolute atomic E-state index is 0.0650. The quantitative estimate of drug-likeness (QED) is 0.0261. The molecule has 0 heterocycles. The van der Waals surface area contributed by atoms with Crippen LogP contribution in [0.15, 0.2) is 12.2 Å². The molecule has 0 aliphatic rings. The zero-order valence-electron chi connectivity index (χ0n) is 56.8. The van der Waals surface area contributed by atoms with Crippen LogP contribution in [0, 0.1) is 0 Å². The van der Waals surface area contributed by atoms with Gasteiger partial charge in [0.25, 0.3) is 0 Å². The van der Waals surface area contributed by atoms with Gasteiger partial charge in [-0.1, -0.05) is 392 Å². The van der Waals surface area contributed by atoms with Crippen molar-refractivity contribution >= 4 is 17.9 Å². The Balaban J connectivity index is 4.03. The number of hydrogen-bond donors (Lipinski definition) is 0. The van der Waals surface area contributed by atoms with Crippen molar-refractivity contribution in [1.29, 1.82) is 0 Å². The summed E-state index contributed by atoms with van der Waals surface area (Å²) in [6.07, 6.45) is 88.6. The average molecular weight is 1170 g/mol. The molecule has 6 heteroatoms. The minimum atomic E-state index is -0.769. The second kappa shape index (κ2) is 72.6. The highest BCUT2D eigenvalue weighted by atomic mass is 16.6. The second-order valence-electron chi connectivity index (χ2n) is 26.3. The molecule has 83 heavy (non-hydrogen) atoms. The van der Waals surface area contributed by atoms with E-state index in [0.717, 1.165) is 57.8 Å². The molecule has 0 saturated heterocycles. The van der Waals surface area contributed by atoms with Crippen LogP contribution in [0.3, 0.4) is 0 Å². The van der Waals surface area contributed by atoms with E-state index in [4.69, 9.17) is 14.2 Å². The first kappa shape index (κ1) is 81.2. The van der Waals surface area contributed by atoms with Crippen LogP contribution in [0.4, 0.5) is 0 Å². The maximum atomic E-state index is 12.9. The SMILES string of the molecule is CCCCCCCCC/C=C\CCCCCCCCCC(=O)OC(COC(=O)CCCCCCCCCCCCCC)COC(=O)CCCCCCCCCCCCCCCCCCCCCCCCCCCCCCCCCCCCC. The lowest BCUT2D eigenvalue weighted by Crippen LogP contribution is -2.30. The molecule has 0 N–H and O–H groups in total. The fourth-order valence-electron chi connectivity index (χ4n) is 12.0. The topological polar surface area (TPSA) is 78.9 Å². The molecule has 492 valence electrons. The fourth-order valence-corrected chi connectivity index (χ4v) is 12.0. The number of allylic oxidation sites excluding steroid dienone is 2. The molecule has 0 amide bonds. The summed E-state index contributed by atoms with van der Waals surface area (Å²) >= 11 is 0. The van der Waals surface area contributed by atoms with Crippen LogP contribution in [-0.2, 0) is 28.6 Å². The van der Waals surface area contributed by atoms with Crippen LogP contribution in [0.5, 0.6) is 0 Å². The van der Waals surface area contributed by atoms with E-state index >= 15 is 0 Å². The van der Waals surface area contributed by atoms with E-state index in [2.05, 4.69) is 32.9 Å². The molecule has 0 aromatic carbocycles. The highest BCUT2D eigenvalue weighted by Crippen LogP contribution is 2.20. The first-order chi connectivity index (χ1) is 41.0. The summed E-state index contributed by atoms with van der Waals surface area (Å²) in [5.41, 5.74) is 0. The van der Waals surface area contributed by atoms with Crippen molar-refractivity contribution in [2.45, 2.75) is 451 Å². The van der Waals surface area contributed by atoms with Crippen molar-refractivity contribution in [2.75, 3.05) is 13.2 Å². The number of hydrogen-bond acceptors (Lipinski definition) is 6. The first-order valence-corrected chi connectivity index (χ1v) is 38.2. The Hall–Kier alpha value is -1.85. The number of carbonyl (C=O) groups is 3. The van der Waals surface area contributed by atoms with Gasteiger partial charge >= 0.3 is 17.9 Å². The molecule has 0 rings (SSSR count). The van der Waals surface area contributed by atoms with Gasteiger partial charge < -0.3 is 14.2 Å². The summed E-state index contributed by atoms with van der Waals surface area (Å²) in [4.78, 5) is 38.4. The van der Waals surface area contributed by atoms with Gasteiger partial charge in [0.1, 0.15) is 13.2 Å². The molecule has 6 nitrogen and oxygen atoms in total. The summed E-state index contributed by atoms with van der Waals surface area (Å²) < 4.78 is 17.0. The van der Waals surface area contributed by atoms with Gasteiger partial charge in [-0.15, -0.1) is 0 Å². The van der Waals surface area contributed by atoms with E-state index in [1.165, 1.54) is 347 Å². The molecule has 1 atom stereocenters. The Kier molecular flexibility index (Phi) is 71.0. The maximum Gasteiger partial charge on any atom is 0.306 e. The summed E-state index contributed by atoms with van der Waals surface area (Å²) in [7, 11) is 0. The summed E-state index contributed by atoms with van der Waals surface area (Å²) in [5.74, 6) is -0.835. The van der Waals surface area contributed by atoms with E-state index in [1.807, 2.05) is 0 Å². The number of ether oxygens (including phenoxy) is 3. The lowest BCUT2D eigenvalue weighted by molar-refractivity contribution is -0.167. The monoisotopic (exact) mass is 1170 g/mol. The minimum Gasteiger partial charge on any atom is -0.462 e. The van der Waals surface area contributed by atoms with Crippen LogP contribution in [0.2, 0.25) is 0 Å². The smallest absolute Gasteiger partial charge is 0.306 e. The maximum absolute atomic E-state index is 12.9. The first-order valence-electron chi connectivity index (χ1n) is 38.2. The van der Waals surface area contributed by atoms with Crippen molar-refractivity contribution in [3.63, 3.8) is 0 Å². The third-order valence-electron chi connectivity index (χ3n) is 17.8. The van der Waals surface area contributed by atoms with Crippen LogP contribution in [0.25, 0.3) is 0 Å². The van der Waals surface area contributed by atoms with Crippen LogP contribution >= 0.6 is 0 Å². The highest BCUT2D eigenvalue weighted by Gasteiger charge is 2.20. The zero-order valence-corrected chi connectivity index (χ0v) is 56.8. The molecule has 1 unspecified atom stereocenters. The van der Waals surface area contributed by atoms with Crippen molar-refractivity contribution in [3.8, 4) is 0 Å². The number of rotatable bonds is 72. The molecule has 0 aromatic heterocycles. The third kappa shape index (κ3) is 70.8. The van der Waals surface area contributed by atoms with Crippen molar-refractivity contribution in [3.05, 3.63) is 12.2 Å². The van der Waals surface area contributed by atoms with Gasteiger partial charge in [-0.2, -0.15) is 0 Å². The van der Waals surface area contributed by atoms with Crippen molar-refractivity contribution in [2.24, 2.45) is 0 Å². The number of esters is 3. The standard InChI is InChI=1S/C77H148O6/c1-4-7-10-13-16-19-22-25-27-29-31-32-33-34-35-36-37-38-39-40-41-42-43-44-45-46-47-49-50-52-55-58-61-64-67-70-76(79)82-73-74(72-81-75(78)69-66-63-60-57-54-24-21-18-15-12-9-6-3)83-77(80)71-68-65-62-59-56-53-51-48-30-28-26-23-20-17-14-11-8-5-2/h28,30,74H,4-27,29,31-73H2,1-3H3/b30-28-. The average Bonchev–Trinajstić information content (AvgIpc) is 3.49. The molecule has 0 saturated carbocycles. The van der Waals surface area contributed by atoms with E-state index in [-0.39, 0.29) is 31.1 Å². The summed E-state index contributed by atoms with van der Waals surface area (Å²) in [5, 5.41) is 0. The molecule has 0 bridgehead atoms. The molecule has 0 fully saturated rings. The Morgan fingerprint density at radius 3 is 0.602 bits per heavy atom. The normalized spacial score (nSPS) is 12.0. The van der Waals surface area contributed by atoms with E-state index < -0.39 is 6.10 Å². The molecule has 0 aliphatic carbocycles. The Morgan fingerprint density at radius 2 is 0.398 bits per heavy atom. The number of carbonyl (C=O) groups excluding carboxylic acids is 3. The third-order valence-corrected chi connectivity index (χ3v) is 17.8. The van der Waals surface area contributed by atoms with Gasteiger partial charge in [0.2, 0.25) is 0 Å².